The highest BCUT2D eigenvalue weighted by Crippen LogP contribution is 2.22. The maximum Gasteiger partial charge on any atom is 0.253 e. The van der Waals surface area contributed by atoms with Crippen molar-refractivity contribution in [2.24, 2.45) is 5.92 Å². The maximum atomic E-state index is 12.8. The van der Waals surface area contributed by atoms with Gasteiger partial charge in [-0.3, -0.25) is 14.4 Å². The van der Waals surface area contributed by atoms with Gasteiger partial charge in [0.25, 0.3) is 5.91 Å². The van der Waals surface area contributed by atoms with Gasteiger partial charge in [0.1, 0.15) is 0 Å². The van der Waals surface area contributed by atoms with Crippen LogP contribution >= 0.6 is 11.6 Å². The topological polar surface area (TPSA) is 69.7 Å². The van der Waals surface area contributed by atoms with Crippen LogP contribution in [0.25, 0.3) is 0 Å². The van der Waals surface area contributed by atoms with E-state index < -0.39 is 0 Å². The van der Waals surface area contributed by atoms with Crippen molar-refractivity contribution < 1.29 is 14.4 Å². The predicted octanol–water partition coefficient (Wildman–Crippen LogP) is 3.85. The number of benzene rings is 2. The monoisotopic (exact) mass is 441 g/mol. The van der Waals surface area contributed by atoms with E-state index in [1.807, 2.05) is 31.2 Å². The molecular weight excluding hydrogens is 414 g/mol. The molecule has 0 bridgehead atoms. The van der Waals surface area contributed by atoms with Crippen LogP contribution in [0.15, 0.2) is 48.5 Å². The Morgan fingerprint density at radius 3 is 2.35 bits per heavy atom. The second kappa shape index (κ2) is 10.4. The first-order valence-electron chi connectivity index (χ1n) is 10.6. The third-order valence-electron chi connectivity index (χ3n) is 5.65. The first kappa shape index (κ1) is 22.8. The summed E-state index contributed by atoms with van der Waals surface area (Å²) < 4.78 is 0. The molecule has 3 amide bonds. The first-order chi connectivity index (χ1) is 14.9. The molecule has 1 aliphatic heterocycles. The zero-order valence-corrected chi connectivity index (χ0v) is 18.7. The molecule has 3 rings (SSSR count). The predicted molar refractivity (Wildman–Crippen MR) is 122 cm³/mol. The lowest BCUT2D eigenvalue weighted by molar-refractivity contribution is -0.138. The Labute approximate surface area is 188 Å². The molecule has 0 radical (unpaired) electrons. The average molecular weight is 442 g/mol. The smallest absolute Gasteiger partial charge is 0.253 e. The Kier molecular flexibility index (Phi) is 7.69. The van der Waals surface area contributed by atoms with Gasteiger partial charge in [0.05, 0.1) is 6.54 Å². The van der Waals surface area contributed by atoms with Crippen molar-refractivity contribution in [3.63, 3.8) is 0 Å². The number of hydrogen-bond donors (Lipinski definition) is 1. The van der Waals surface area contributed by atoms with E-state index in [0.717, 1.165) is 17.7 Å². The molecule has 7 heteroatoms. The van der Waals surface area contributed by atoms with E-state index >= 15 is 0 Å². The highest BCUT2D eigenvalue weighted by molar-refractivity contribution is 6.30. The van der Waals surface area contributed by atoms with E-state index in [9.17, 15) is 14.4 Å². The number of nitrogens with one attached hydrogen (secondary N) is 1. The summed E-state index contributed by atoms with van der Waals surface area (Å²) in [6, 6.07) is 14.5. The Morgan fingerprint density at radius 1 is 1.06 bits per heavy atom. The van der Waals surface area contributed by atoms with Crippen LogP contribution in [0.4, 0.5) is 5.69 Å². The van der Waals surface area contributed by atoms with Crippen molar-refractivity contribution in [1.82, 2.24) is 9.80 Å². The quantitative estimate of drug-likeness (QED) is 0.740. The summed E-state index contributed by atoms with van der Waals surface area (Å²) in [5.41, 5.74) is 2.43. The van der Waals surface area contributed by atoms with E-state index in [2.05, 4.69) is 5.32 Å². The molecular formula is C24H28ClN3O3. The van der Waals surface area contributed by atoms with Crippen LogP contribution in [-0.2, 0) is 16.0 Å². The van der Waals surface area contributed by atoms with Gasteiger partial charge >= 0.3 is 0 Å². The molecule has 2 aromatic carbocycles. The number of carbonyl (C=O) groups is 3. The molecule has 31 heavy (non-hydrogen) atoms. The third-order valence-corrected chi connectivity index (χ3v) is 5.90. The van der Waals surface area contributed by atoms with Gasteiger partial charge in [-0.15, -0.1) is 0 Å². The molecule has 6 nitrogen and oxygen atoms in total. The molecule has 1 aliphatic rings. The lowest BCUT2D eigenvalue weighted by atomic mass is 9.95. The van der Waals surface area contributed by atoms with Crippen LogP contribution in [0.3, 0.4) is 0 Å². The molecule has 0 spiro atoms. The molecule has 0 unspecified atom stereocenters. The number of likely N-dealkylation sites (N-methyl/N-ethyl adjacent to an activating group) is 1. The summed E-state index contributed by atoms with van der Waals surface area (Å²) in [6.45, 7) is 3.06. The number of amides is 3. The van der Waals surface area contributed by atoms with Crippen LogP contribution < -0.4 is 5.32 Å². The summed E-state index contributed by atoms with van der Waals surface area (Å²) in [7, 11) is 1.65. The summed E-state index contributed by atoms with van der Waals surface area (Å²) in [5, 5.41) is 3.49. The molecule has 0 saturated carbocycles. The minimum atomic E-state index is -0.216. The van der Waals surface area contributed by atoms with E-state index in [4.69, 9.17) is 11.6 Å². The Hall–Kier alpha value is -2.86. The first-order valence-corrected chi connectivity index (χ1v) is 10.9. The number of halogens is 1. The van der Waals surface area contributed by atoms with E-state index in [0.29, 0.717) is 36.5 Å². The highest BCUT2D eigenvalue weighted by Gasteiger charge is 2.30. The zero-order valence-electron chi connectivity index (χ0n) is 17.9. The number of carbonyl (C=O) groups excluding carboxylic acids is 3. The number of nitrogens with zero attached hydrogens (tertiary/aromatic N) is 2. The molecule has 2 aromatic rings. The van der Waals surface area contributed by atoms with Crippen molar-refractivity contribution in [1.29, 1.82) is 0 Å². The van der Waals surface area contributed by atoms with Crippen LogP contribution in [0.2, 0.25) is 5.02 Å². The zero-order chi connectivity index (χ0) is 22.4. The largest absolute Gasteiger partial charge is 0.339 e. The van der Waals surface area contributed by atoms with E-state index in [1.165, 1.54) is 4.90 Å². The number of piperidine rings is 1. The fourth-order valence-corrected chi connectivity index (χ4v) is 3.98. The molecule has 0 aliphatic carbocycles. The lowest BCUT2D eigenvalue weighted by Crippen LogP contribution is -2.45. The Bertz CT molecular complexity index is 937. The second-order valence-electron chi connectivity index (χ2n) is 7.83. The molecule has 1 saturated heterocycles. The van der Waals surface area contributed by atoms with Gasteiger partial charge in [-0.2, -0.15) is 0 Å². The van der Waals surface area contributed by atoms with Gasteiger partial charge < -0.3 is 15.1 Å². The minimum absolute atomic E-state index is 0.000795. The van der Waals surface area contributed by atoms with Gasteiger partial charge in [-0.1, -0.05) is 36.7 Å². The van der Waals surface area contributed by atoms with Gasteiger partial charge in [0.2, 0.25) is 11.8 Å². The van der Waals surface area contributed by atoms with Crippen molar-refractivity contribution in [3.8, 4) is 0 Å². The number of likely N-dealkylation sites (tertiary alicyclic amines) is 1. The van der Waals surface area contributed by atoms with Gasteiger partial charge in [0.15, 0.2) is 0 Å². The van der Waals surface area contributed by atoms with Crippen LogP contribution in [-0.4, -0.2) is 54.2 Å². The normalized spacial score (nSPS) is 14.2. The number of rotatable bonds is 6. The van der Waals surface area contributed by atoms with Crippen molar-refractivity contribution in [3.05, 3.63) is 64.7 Å². The number of aryl methyl sites for hydroxylation is 1. The third kappa shape index (κ3) is 5.85. The van der Waals surface area contributed by atoms with Crippen LogP contribution in [0.1, 0.15) is 35.7 Å². The van der Waals surface area contributed by atoms with Crippen molar-refractivity contribution in [2.45, 2.75) is 26.2 Å². The number of hydrogen-bond acceptors (Lipinski definition) is 3. The summed E-state index contributed by atoms with van der Waals surface area (Å²) >= 11 is 5.89. The maximum absolute atomic E-state index is 12.8. The summed E-state index contributed by atoms with van der Waals surface area (Å²) in [4.78, 5) is 41.1. The summed E-state index contributed by atoms with van der Waals surface area (Å²) in [6.07, 6.45) is 1.99. The fourth-order valence-electron chi connectivity index (χ4n) is 3.85. The lowest BCUT2D eigenvalue weighted by Gasteiger charge is -2.33. The molecule has 1 N–H and O–H groups in total. The Morgan fingerprint density at radius 2 is 1.71 bits per heavy atom. The summed E-state index contributed by atoms with van der Waals surface area (Å²) in [5.74, 6) is -0.510. The average Bonchev–Trinajstić information content (AvgIpc) is 2.79. The van der Waals surface area contributed by atoms with Gasteiger partial charge in [-0.05, 0) is 55.2 Å². The van der Waals surface area contributed by atoms with Gasteiger partial charge in [-0.25, -0.2) is 0 Å². The van der Waals surface area contributed by atoms with Crippen LogP contribution in [0, 0.1) is 5.92 Å². The molecule has 164 valence electrons. The molecule has 0 atom stereocenters. The SMILES string of the molecule is CCc1ccccc1NC(=O)CN(C)C(=O)C1CCN(C(=O)c2ccc(Cl)cc2)CC1. The fraction of sp³-hybridized carbons (Fsp3) is 0.375. The molecule has 0 aromatic heterocycles. The number of anilines is 1. The Balaban J connectivity index is 1.50. The van der Waals surface area contributed by atoms with E-state index in [-0.39, 0.29) is 30.2 Å². The van der Waals surface area contributed by atoms with Crippen LogP contribution in [0.5, 0.6) is 0 Å². The van der Waals surface area contributed by atoms with E-state index in [1.54, 1.807) is 36.2 Å². The van der Waals surface area contributed by atoms with Gasteiger partial charge in [0, 0.05) is 42.3 Å². The van der Waals surface area contributed by atoms with Crippen molar-refractivity contribution in [2.75, 3.05) is 32.0 Å². The highest BCUT2D eigenvalue weighted by atomic mass is 35.5. The molecule has 1 heterocycles. The minimum Gasteiger partial charge on any atom is -0.339 e. The number of para-hydroxylation sites is 1. The molecule has 1 fully saturated rings. The second-order valence-corrected chi connectivity index (χ2v) is 8.26. The standard InChI is InChI=1S/C24H28ClN3O3/c1-3-17-6-4-5-7-21(17)26-22(29)16-27(2)23(30)19-12-14-28(15-13-19)24(31)18-8-10-20(25)11-9-18/h4-11,19H,3,12-16H2,1-2H3,(H,26,29). The van der Waals surface area contributed by atoms with Crippen molar-refractivity contribution >= 4 is 35.0 Å².